The molecule has 0 fully saturated rings. The van der Waals surface area contributed by atoms with Crippen LogP contribution >= 0.6 is 0 Å². The van der Waals surface area contributed by atoms with Gasteiger partial charge in [-0.1, -0.05) is 13.3 Å². The maximum Gasteiger partial charge on any atom is 0.408 e. The van der Waals surface area contributed by atoms with E-state index in [4.69, 9.17) is 15.2 Å². The molecule has 0 aromatic carbocycles. The fraction of sp³-hybridized carbons (Fsp3) is 0.786. The Balaban J connectivity index is 4.53. The van der Waals surface area contributed by atoms with Crippen molar-refractivity contribution in [2.45, 2.75) is 65.0 Å². The van der Waals surface area contributed by atoms with Crippen molar-refractivity contribution in [3.63, 3.8) is 0 Å². The molecular weight excluding hydrogens is 276 g/mol. The van der Waals surface area contributed by atoms with Crippen LogP contribution in [0.1, 0.15) is 53.4 Å². The van der Waals surface area contributed by atoms with Gasteiger partial charge in [-0.05, 0) is 33.6 Å². The summed E-state index contributed by atoms with van der Waals surface area (Å²) in [5.41, 5.74) is 4.38. The van der Waals surface area contributed by atoms with Crippen LogP contribution in [-0.4, -0.2) is 36.2 Å². The molecule has 7 heteroatoms. The van der Waals surface area contributed by atoms with Gasteiger partial charge in [-0.15, -0.1) is 0 Å². The molecule has 0 rings (SSSR count). The molecule has 0 spiro atoms. The van der Waals surface area contributed by atoms with E-state index in [9.17, 15) is 14.4 Å². The molecular formula is C14H26N2O5. The fourth-order valence-electron chi connectivity index (χ4n) is 1.40. The predicted molar refractivity (Wildman–Crippen MR) is 77.5 cm³/mol. The predicted octanol–water partition coefficient (Wildman–Crippen LogP) is 1.49. The maximum atomic E-state index is 11.9. The Labute approximate surface area is 125 Å². The minimum Gasteiger partial charge on any atom is -0.464 e. The van der Waals surface area contributed by atoms with E-state index >= 15 is 0 Å². The van der Waals surface area contributed by atoms with Gasteiger partial charge in [0.05, 0.1) is 6.61 Å². The number of hydrogen-bond donors (Lipinski definition) is 2. The molecule has 1 atom stereocenters. The quantitative estimate of drug-likeness (QED) is 0.521. The van der Waals surface area contributed by atoms with Crippen LogP contribution < -0.4 is 11.1 Å². The number of carbonyl (C=O) groups excluding carboxylic acids is 3. The Morgan fingerprint density at radius 1 is 1.24 bits per heavy atom. The highest BCUT2D eigenvalue weighted by atomic mass is 16.6. The number of unbranched alkanes of at least 4 members (excludes halogenated alkanes) is 1. The monoisotopic (exact) mass is 302 g/mol. The smallest absolute Gasteiger partial charge is 0.408 e. The van der Waals surface area contributed by atoms with Crippen molar-refractivity contribution < 1.29 is 23.9 Å². The molecule has 0 aromatic heterocycles. The van der Waals surface area contributed by atoms with Crippen LogP contribution in [0.4, 0.5) is 4.79 Å². The van der Waals surface area contributed by atoms with E-state index in [0.29, 0.717) is 0 Å². The molecule has 0 heterocycles. The standard InChI is InChI=1S/C14H26N2O5/c1-5-6-9-20-12(18)10(7-8-11(15)17)16-13(19)21-14(2,3)4/h10H,5-9H2,1-4H3,(H2,15,17)(H,16,19)/t10-/m0/s1. The Bertz CT molecular complexity index is 363. The number of nitrogens with two attached hydrogens (primary N) is 1. The Morgan fingerprint density at radius 2 is 1.86 bits per heavy atom. The molecule has 0 radical (unpaired) electrons. The second-order valence-electron chi connectivity index (χ2n) is 5.72. The maximum absolute atomic E-state index is 11.9. The number of nitrogens with one attached hydrogen (secondary N) is 1. The number of amides is 2. The molecule has 0 aliphatic rings. The molecule has 0 aromatic rings. The van der Waals surface area contributed by atoms with E-state index < -0.39 is 29.6 Å². The first-order valence-corrected chi connectivity index (χ1v) is 7.10. The molecule has 122 valence electrons. The fourth-order valence-corrected chi connectivity index (χ4v) is 1.40. The summed E-state index contributed by atoms with van der Waals surface area (Å²) in [5.74, 6) is -1.14. The zero-order valence-electron chi connectivity index (χ0n) is 13.2. The highest BCUT2D eigenvalue weighted by molar-refractivity contribution is 5.82. The number of carbonyl (C=O) groups is 3. The molecule has 0 bridgehead atoms. The first kappa shape index (κ1) is 19.2. The summed E-state index contributed by atoms with van der Waals surface area (Å²) in [5, 5.41) is 2.41. The van der Waals surface area contributed by atoms with Crippen molar-refractivity contribution in [2.75, 3.05) is 6.61 Å². The summed E-state index contributed by atoms with van der Waals surface area (Å²) in [6.07, 6.45) is 0.951. The summed E-state index contributed by atoms with van der Waals surface area (Å²) in [7, 11) is 0. The zero-order valence-corrected chi connectivity index (χ0v) is 13.2. The molecule has 0 saturated carbocycles. The van der Waals surface area contributed by atoms with Crippen LogP contribution in [0, 0.1) is 0 Å². The summed E-state index contributed by atoms with van der Waals surface area (Å²) in [6.45, 7) is 7.38. The molecule has 0 unspecified atom stereocenters. The van der Waals surface area contributed by atoms with E-state index in [1.54, 1.807) is 20.8 Å². The summed E-state index contributed by atoms with van der Waals surface area (Å²) >= 11 is 0. The van der Waals surface area contributed by atoms with E-state index in [2.05, 4.69) is 5.32 Å². The lowest BCUT2D eigenvalue weighted by Gasteiger charge is -2.22. The lowest BCUT2D eigenvalue weighted by molar-refractivity contribution is -0.146. The third-order valence-electron chi connectivity index (χ3n) is 2.40. The minimum atomic E-state index is -0.941. The van der Waals surface area contributed by atoms with E-state index in [-0.39, 0.29) is 19.4 Å². The summed E-state index contributed by atoms with van der Waals surface area (Å²) < 4.78 is 10.1. The van der Waals surface area contributed by atoms with Crippen molar-refractivity contribution in [1.29, 1.82) is 0 Å². The number of primary amides is 1. The number of rotatable bonds is 8. The number of esters is 1. The lowest BCUT2D eigenvalue weighted by atomic mass is 10.1. The highest BCUT2D eigenvalue weighted by Gasteiger charge is 2.25. The van der Waals surface area contributed by atoms with Gasteiger partial charge in [0.2, 0.25) is 5.91 Å². The largest absolute Gasteiger partial charge is 0.464 e. The van der Waals surface area contributed by atoms with Crippen molar-refractivity contribution >= 4 is 18.0 Å². The molecule has 0 saturated heterocycles. The Morgan fingerprint density at radius 3 is 2.33 bits per heavy atom. The van der Waals surface area contributed by atoms with Crippen LogP contribution in [0.3, 0.4) is 0 Å². The van der Waals surface area contributed by atoms with Gasteiger partial charge in [-0.25, -0.2) is 9.59 Å². The third kappa shape index (κ3) is 10.6. The first-order valence-electron chi connectivity index (χ1n) is 7.10. The van der Waals surface area contributed by atoms with Crippen LogP contribution in [0.25, 0.3) is 0 Å². The van der Waals surface area contributed by atoms with Crippen molar-refractivity contribution in [3.05, 3.63) is 0 Å². The van der Waals surface area contributed by atoms with Crippen molar-refractivity contribution in [2.24, 2.45) is 5.73 Å². The number of alkyl carbamates (subject to hydrolysis) is 1. The van der Waals surface area contributed by atoms with E-state index in [1.807, 2.05) is 6.92 Å². The van der Waals surface area contributed by atoms with Crippen molar-refractivity contribution in [3.8, 4) is 0 Å². The molecule has 0 aliphatic heterocycles. The highest BCUT2D eigenvalue weighted by Crippen LogP contribution is 2.08. The minimum absolute atomic E-state index is 0.0245. The average molecular weight is 302 g/mol. The van der Waals surface area contributed by atoms with Crippen LogP contribution in [0.15, 0.2) is 0 Å². The van der Waals surface area contributed by atoms with Crippen LogP contribution in [0.2, 0.25) is 0 Å². The third-order valence-corrected chi connectivity index (χ3v) is 2.40. The van der Waals surface area contributed by atoms with Crippen LogP contribution in [0.5, 0.6) is 0 Å². The first-order chi connectivity index (χ1) is 9.65. The average Bonchev–Trinajstić information content (AvgIpc) is 2.32. The lowest BCUT2D eigenvalue weighted by Crippen LogP contribution is -2.44. The molecule has 7 nitrogen and oxygen atoms in total. The topological polar surface area (TPSA) is 108 Å². The summed E-state index contributed by atoms with van der Waals surface area (Å²) in [4.78, 5) is 34.4. The summed E-state index contributed by atoms with van der Waals surface area (Å²) in [6, 6.07) is -0.941. The molecule has 0 aliphatic carbocycles. The van der Waals surface area contributed by atoms with Gasteiger partial charge in [-0.3, -0.25) is 4.79 Å². The van der Waals surface area contributed by atoms with Gasteiger partial charge in [0, 0.05) is 6.42 Å². The van der Waals surface area contributed by atoms with Crippen LogP contribution in [-0.2, 0) is 19.1 Å². The number of hydrogen-bond acceptors (Lipinski definition) is 5. The normalized spacial score (nSPS) is 12.4. The zero-order chi connectivity index (χ0) is 16.5. The van der Waals surface area contributed by atoms with Gasteiger partial charge < -0.3 is 20.5 Å². The van der Waals surface area contributed by atoms with Gasteiger partial charge in [-0.2, -0.15) is 0 Å². The van der Waals surface area contributed by atoms with Crippen molar-refractivity contribution in [1.82, 2.24) is 5.32 Å². The molecule has 21 heavy (non-hydrogen) atoms. The molecule has 2 amide bonds. The van der Waals surface area contributed by atoms with Gasteiger partial charge in [0.25, 0.3) is 0 Å². The number of ether oxygens (including phenoxy) is 2. The van der Waals surface area contributed by atoms with E-state index in [1.165, 1.54) is 0 Å². The van der Waals surface area contributed by atoms with E-state index in [0.717, 1.165) is 12.8 Å². The molecule has 3 N–H and O–H groups in total. The second-order valence-corrected chi connectivity index (χ2v) is 5.72. The SMILES string of the molecule is CCCCOC(=O)[C@H](CCC(N)=O)NC(=O)OC(C)(C)C. The second kappa shape index (κ2) is 9.20. The van der Waals surface area contributed by atoms with Gasteiger partial charge in [0.15, 0.2) is 0 Å². The Hall–Kier alpha value is -1.79. The van der Waals surface area contributed by atoms with Gasteiger partial charge >= 0.3 is 12.1 Å². The Kier molecular flexibility index (Phi) is 8.42. The van der Waals surface area contributed by atoms with Gasteiger partial charge in [0.1, 0.15) is 11.6 Å².